The highest BCUT2D eigenvalue weighted by atomic mass is 32.1. The van der Waals surface area contributed by atoms with Gasteiger partial charge in [0.05, 0.1) is 18.9 Å². The molecule has 0 amide bonds. The van der Waals surface area contributed by atoms with Crippen molar-refractivity contribution in [1.82, 2.24) is 5.01 Å². The largest absolute Gasteiger partial charge is 0.497 e. The van der Waals surface area contributed by atoms with E-state index in [1.807, 2.05) is 47.5 Å². The molecule has 3 aromatic rings. The number of hydrazone groups is 1. The van der Waals surface area contributed by atoms with Crippen molar-refractivity contribution in [2.24, 2.45) is 11.0 Å². The van der Waals surface area contributed by atoms with Gasteiger partial charge in [-0.15, -0.1) is 0 Å². The Labute approximate surface area is 186 Å². The molecule has 3 aromatic carbocycles. The molecule has 1 aliphatic carbocycles. The normalized spacial score (nSPS) is 19.3. The van der Waals surface area contributed by atoms with E-state index in [1.54, 1.807) is 7.11 Å². The third kappa shape index (κ3) is 3.68. The van der Waals surface area contributed by atoms with Gasteiger partial charge in [0.25, 0.3) is 0 Å². The van der Waals surface area contributed by atoms with E-state index in [4.69, 9.17) is 22.1 Å². The molecule has 4 nitrogen and oxygen atoms in total. The predicted octanol–water partition coefficient (Wildman–Crippen LogP) is 5.55. The summed E-state index contributed by atoms with van der Waals surface area (Å²) in [5.74, 6) is 0.725. The number of nitrogens with zero attached hydrogens (tertiary/aromatic N) is 2. The lowest BCUT2D eigenvalue weighted by atomic mass is 9.77. The van der Waals surface area contributed by atoms with Crippen molar-refractivity contribution in [2.75, 3.05) is 12.4 Å². The summed E-state index contributed by atoms with van der Waals surface area (Å²) in [7, 11) is 1.64. The van der Waals surface area contributed by atoms with Crippen LogP contribution in [0.3, 0.4) is 0 Å². The van der Waals surface area contributed by atoms with Gasteiger partial charge in [0.2, 0.25) is 0 Å². The fourth-order valence-electron chi connectivity index (χ4n) is 4.48. The number of hydrogen-bond donors (Lipinski definition) is 1. The van der Waals surface area contributed by atoms with Crippen LogP contribution in [-0.2, 0) is 6.42 Å². The number of anilines is 1. The summed E-state index contributed by atoms with van der Waals surface area (Å²) in [4.78, 5) is 0. The van der Waals surface area contributed by atoms with Crippen LogP contribution in [0.2, 0.25) is 0 Å². The second-order valence-electron chi connectivity index (χ2n) is 7.79. The fraction of sp³-hybridized carbons (Fsp3) is 0.200. The highest BCUT2D eigenvalue weighted by molar-refractivity contribution is 7.80. The molecule has 0 saturated heterocycles. The van der Waals surface area contributed by atoms with Gasteiger partial charge in [-0.1, -0.05) is 36.4 Å². The van der Waals surface area contributed by atoms with Crippen molar-refractivity contribution in [1.29, 1.82) is 0 Å². The number of halogens is 1. The van der Waals surface area contributed by atoms with Gasteiger partial charge in [0, 0.05) is 17.2 Å². The van der Waals surface area contributed by atoms with Gasteiger partial charge in [-0.05, 0) is 72.6 Å². The van der Waals surface area contributed by atoms with Crippen LogP contribution >= 0.6 is 12.2 Å². The molecular formula is C25H22FN3OS. The van der Waals surface area contributed by atoms with E-state index in [-0.39, 0.29) is 17.8 Å². The molecule has 1 N–H and O–H groups in total. The zero-order valence-electron chi connectivity index (χ0n) is 17.1. The summed E-state index contributed by atoms with van der Waals surface area (Å²) in [5, 5.41) is 10.7. The minimum atomic E-state index is -0.248. The highest BCUT2D eigenvalue weighted by Gasteiger charge is 2.42. The first-order chi connectivity index (χ1) is 15.1. The summed E-state index contributed by atoms with van der Waals surface area (Å²) in [6.07, 6.45) is 1.96. The van der Waals surface area contributed by atoms with Crippen LogP contribution < -0.4 is 10.1 Å². The molecule has 2 aliphatic rings. The van der Waals surface area contributed by atoms with Crippen molar-refractivity contribution in [3.8, 4) is 5.75 Å². The van der Waals surface area contributed by atoms with Crippen molar-refractivity contribution < 1.29 is 9.13 Å². The first-order valence-electron chi connectivity index (χ1n) is 10.3. The van der Waals surface area contributed by atoms with Crippen LogP contribution in [0.4, 0.5) is 10.1 Å². The molecule has 5 rings (SSSR count). The number of thiocarbonyl (C=S) groups is 1. The van der Waals surface area contributed by atoms with Crippen LogP contribution in [0.1, 0.15) is 29.2 Å². The second-order valence-corrected chi connectivity index (χ2v) is 8.17. The molecule has 0 aromatic heterocycles. The molecule has 0 bridgehead atoms. The highest BCUT2D eigenvalue weighted by Crippen LogP contribution is 2.43. The monoisotopic (exact) mass is 431 g/mol. The Morgan fingerprint density at radius 3 is 2.55 bits per heavy atom. The number of rotatable bonds is 3. The first-order valence-corrected chi connectivity index (χ1v) is 10.7. The van der Waals surface area contributed by atoms with Gasteiger partial charge in [0.1, 0.15) is 11.6 Å². The summed E-state index contributed by atoms with van der Waals surface area (Å²) in [6, 6.07) is 22.6. The maximum atomic E-state index is 13.6. The van der Waals surface area contributed by atoms with Crippen LogP contribution in [0.5, 0.6) is 5.75 Å². The molecule has 156 valence electrons. The third-order valence-electron chi connectivity index (χ3n) is 5.99. The van der Waals surface area contributed by atoms with Crippen molar-refractivity contribution in [3.05, 3.63) is 95.3 Å². The molecule has 6 heteroatoms. The molecule has 0 radical (unpaired) electrons. The zero-order valence-corrected chi connectivity index (χ0v) is 17.9. The van der Waals surface area contributed by atoms with Crippen molar-refractivity contribution >= 4 is 28.7 Å². The number of methoxy groups -OCH3 is 1. The number of hydrogen-bond acceptors (Lipinski definition) is 3. The minimum Gasteiger partial charge on any atom is -0.497 e. The fourth-order valence-corrected chi connectivity index (χ4v) is 4.75. The van der Waals surface area contributed by atoms with E-state index >= 15 is 0 Å². The minimum absolute atomic E-state index is 0.0813. The molecule has 1 heterocycles. The van der Waals surface area contributed by atoms with E-state index in [9.17, 15) is 4.39 Å². The number of aryl methyl sites for hydroxylation is 1. The van der Waals surface area contributed by atoms with E-state index in [1.165, 1.54) is 23.3 Å². The molecule has 2 atom stereocenters. The molecule has 0 unspecified atom stereocenters. The van der Waals surface area contributed by atoms with Gasteiger partial charge in [-0.2, -0.15) is 5.10 Å². The zero-order chi connectivity index (χ0) is 21.4. The Kier molecular flexibility index (Phi) is 5.16. The van der Waals surface area contributed by atoms with Gasteiger partial charge < -0.3 is 10.1 Å². The Morgan fingerprint density at radius 1 is 1.06 bits per heavy atom. The standard InChI is InChI=1S/C25H22FN3OS/c1-30-20-13-11-19(12-14-20)27-25(31)29-24(17-6-9-18(26)10-7-17)22-15-8-16-4-2-3-5-21(16)23(22)28-29/h2-7,9-14,22,24H,8,15H2,1H3,(H,27,31)/t22-,24+/m0/s1. The summed E-state index contributed by atoms with van der Waals surface area (Å²) >= 11 is 5.78. The van der Waals surface area contributed by atoms with Gasteiger partial charge >= 0.3 is 0 Å². The number of nitrogens with one attached hydrogen (secondary N) is 1. The van der Waals surface area contributed by atoms with Crippen LogP contribution in [0.25, 0.3) is 0 Å². The van der Waals surface area contributed by atoms with Crippen LogP contribution in [0.15, 0.2) is 77.9 Å². The molecular weight excluding hydrogens is 409 g/mol. The lowest BCUT2D eigenvalue weighted by Gasteiger charge is -2.30. The SMILES string of the molecule is COc1ccc(NC(=S)N2N=C3c4ccccc4CC[C@@H]3[C@H]2c2ccc(F)cc2)cc1. The molecule has 31 heavy (non-hydrogen) atoms. The molecule has 0 saturated carbocycles. The quantitative estimate of drug-likeness (QED) is 0.552. The van der Waals surface area contributed by atoms with Gasteiger partial charge in [0.15, 0.2) is 5.11 Å². The van der Waals surface area contributed by atoms with Crippen LogP contribution in [-0.4, -0.2) is 22.9 Å². The Hall–Kier alpha value is -3.25. The second kappa shape index (κ2) is 8.12. The lowest BCUT2D eigenvalue weighted by Crippen LogP contribution is -2.34. The number of ether oxygens (including phenoxy) is 1. The van der Waals surface area contributed by atoms with Gasteiger partial charge in [-0.25, -0.2) is 9.40 Å². The van der Waals surface area contributed by atoms with Crippen molar-refractivity contribution in [3.63, 3.8) is 0 Å². The Morgan fingerprint density at radius 2 is 1.81 bits per heavy atom. The van der Waals surface area contributed by atoms with Crippen molar-refractivity contribution in [2.45, 2.75) is 18.9 Å². The number of benzene rings is 3. The maximum absolute atomic E-state index is 13.6. The Bertz CT molecular complexity index is 1140. The number of fused-ring (bicyclic) bond motifs is 3. The predicted molar refractivity (Wildman–Crippen MR) is 125 cm³/mol. The van der Waals surface area contributed by atoms with E-state index in [0.29, 0.717) is 5.11 Å². The maximum Gasteiger partial charge on any atom is 0.194 e. The molecule has 0 fully saturated rings. The lowest BCUT2D eigenvalue weighted by molar-refractivity contribution is 0.311. The summed E-state index contributed by atoms with van der Waals surface area (Å²) < 4.78 is 18.9. The topological polar surface area (TPSA) is 36.9 Å². The van der Waals surface area contributed by atoms with Gasteiger partial charge in [-0.3, -0.25) is 0 Å². The van der Waals surface area contributed by atoms with E-state index in [0.717, 1.165) is 35.6 Å². The van der Waals surface area contributed by atoms with Crippen LogP contribution in [0, 0.1) is 11.7 Å². The third-order valence-corrected chi connectivity index (χ3v) is 6.28. The average molecular weight is 432 g/mol. The molecule has 1 aliphatic heterocycles. The first kappa shape index (κ1) is 19.7. The molecule has 0 spiro atoms. The van der Waals surface area contributed by atoms with E-state index < -0.39 is 0 Å². The summed E-state index contributed by atoms with van der Waals surface area (Å²) in [5.41, 5.74) is 5.41. The smallest absolute Gasteiger partial charge is 0.194 e. The summed E-state index contributed by atoms with van der Waals surface area (Å²) in [6.45, 7) is 0. The van der Waals surface area contributed by atoms with E-state index in [2.05, 4.69) is 23.5 Å². The average Bonchev–Trinajstić information content (AvgIpc) is 3.20. The Balaban J connectivity index is 1.51.